The van der Waals surface area contributed by atoms with Gasteiger partial charge in [-0.2, -0.15) is 0 Å². The van der Waals surface area contributed by atoms with Crippen LogP contribution in [0.3, 0.4) is 0 Å². The standard InChI is InChI=1S/C16H19BrN2O2/c17-13-1-2-14-12(7-16(20)21-15(14)8-13)10-19-5-3-11(9-18)4-6-19/h1-2,7-8,11H,3-6,9-10,18H2. The maximum atomic E-state index is 11.7. The molecule has 0 radical (unpaired) electrons. The Morgan fingerprint density at radius 2 is 2.05 bits per heavy atom. The van der Waals surface area contributed by atoms with Crippen LogP contribution in [0.2, 0.25) is 0 Å². The average Bonchev–Trinajstić information content (AvgIpc) is 2.47. The summed E-state index contributed by atoms with van der Waals surface area (Å²) in [5, 5.41) is 1.01. The van der Waals surface area contributed by atoms with Gasteiger partial charge in [0.25, 0.3) is 0 Å². The Hall–Kier alpha value is -1.17. The summed E-state index contributed by atoms with van der Waals surface area (Å²) in [5.74, 6) is 0.648. The van der Waals surface area contributed by atoms with Crippen molar-refractivity contribution in [2.75, 3.05) is 19.6 Å². The Bertz CT molecular complexity index is 690. The zero-order chi connectivity index (χ0) is 14.8. The highest BCUT2D eigenvalue weighted by molar-refractivity contribution is 9.10. The molecule has 2 aromatic rings. The van der Waals surface area contributed by atoms with Gasteiger partial charge >= 0.3 is 5.63 Å². The van der Waals surface area contributed by atoms with E-state index in [1.54, 1.807) is 6.07 Å². The lowest BCUT2D eigenvalue weighted by Gasteiger charge is -2.31. The molecule has 21 heavy (non-hydrogen) atoms. The average molecular weight is 351 g/mol. The number of hydrogen-bond donors (Lipinski definition) is 1. The van der Waals surface area contributed by atoms with E-state index in [0.717, 1.165) is 54.4 Å². The van der Waals surface area contributed by atoms with Crippen molar-refractivity contribution < 1.29 is 4.42 Å². The van der Waals surface area contributed by atoms with Crippen LogP contribution in [0.15, 0.2) is 37.9 Å². The first-order valence-electron chi connectivity index (χ1n) is 7.30. The predicted molar refractivity (Wildman–Crippen MR) is 87.2 cm³/mol. The van der Waals surface area contributed by atoms with Gasteiger partial charge in [-0.1, -0.05) is 15.9 Å². The highest BCUT2D eigenvalue weighted by atomic mass is 79.9. The lowest BCUT2D eigenvalue weighted by atomic mass is 9.96. The number of fused-ring (bicyclic) bond motifs is 1. The van der Waals surface area contributed by atoms with Gasteiger partial charge < -0.3 is 10.2 Å². The summed E-state index contributed by atoms with van der Waals surface area (Å²) in [6, 6.07) is 7.45. The van der Waals surface area contributed by atoms with E-state index in [9.17, 15) is 4.79 Å². The number of nitrogens with zero attached hydrogens (tertiary/aromatic N) is 1. The summed E-state index contributed by atoms with van der Waals surface area (Å²) in [7, 11) is 0. The second-order valence-electron chi connectivity index (χ2n) is 5.69. The third-order valence-electron chi connectivity index (χ3n) is 4.23. The summed E-state index contributed by atoms with van der Waals surface area (Å²) < 4.78 is 6.20. The van der Waals surface area contributed by atoms with Crippen molar-refractivity contribution in [2.24, 2.45) is 11.7 Å². The van der Waals surface area contributed by atoms with E-state index in [4.69, 9.17) is 10.2 Å². The normalized spacial score (nSPS) is 17.4. The highest BCUT2D eigenvalue weighted by Crippen LogP contribution is 2.24. The van der Waals surface area contributed by atoms with Crippen molar-refractivity contribution in [2.45, 2.75) is 19.4 Å². The van der Waals surface area contributed by atoms with Crippen molar-refractivity contribution in [3.05, 3.63) is 44.7 Å². The van der Waals surface area contributed by atoms with E-state index < -0.39 is 0 Å². The van der Waals surface area contributed by atoms with Gasteiger partial charge in [0.15, 0.2) is 0 Å². The third kappa shape index (κ3) is 3.36. The van der Waals surface area contributed by atoms with E-state index in [2.05, 4.69) is 20.8 Å². The Morgan fingerprint density at radius 1 is 1.29 bits per heavy atom. The first kappa shape index (κ1) is 14.8. The van der Waals surface area contributed by atoms with Crippen LogP contribution in [-0.2, 0) is 6.54 Å². The molecule has 1 aromatic heterocycles. The van der Waals surface area contributed by atoms with E-state index in [0.29, 0.717) is 11.5 Å². The second-order valence-corrected chi connectivity index (χ2v) is 6.60. The van der Waals surface area contributed by atoms with Gasteiger partial charge in [-0.25, -0.2) is 4.79 Å². The third-order valence-corrected chi connectivity index (χ3v) is 4.72. The van der Waals surface area contributed by atoms with Gasteiger partial charge in [0, 0.05) is 22.5 Å². The van der Waals surface area contributed by atoms with E-state index >= 15 is 0 Å². The van der Waals surface area contributed by atoms with Crippen LogP contribution in [0.4, 0.5) is 0 Å². The van der Waals surface area contributed by atoms with Gasteiger partial charge in [-0.3, -0.25) is 4.90 Å². The smallest absolute Gasteiger partial charge is 0.336 e. The minimum absolute atomic E-state index is 0.285. The number of halogens is 1. The molecule has 0 saturated carbocycles. The van der Waals surface area contributed by atoms with Gasteiger partial charge in [0.1, 0.15) is 5.58 Å². The van der Waals surface area contributed by atoms with Crippen LogP contribution in [0, 0.1) is 5.92 Å². The molecule has 0 bridgehead atoms. The molecule has 1 aliphatic heterocycles. The van der Waals surface area contributed by atoms with E-state index in [1.165, 1.54) is 0 Å². The van der Waals surface area contributed by atoms with Crippen molar-refractivity contribution in [1.29, 1.82) is 0 Å². The van der Waals surface area contributed by atoms with Crippen LogP contribution in [0.5, 0.6) is 0 Å². The van der Waals surface area contributed by atoms with E-state index in [1.807, 2.05) is 18.2 Å². The SMILES string of the molecule is NCC1CCN(Cc2cc(=O)oc3cc(Br)ccc23)CC1. The molecule has 0 unspecified atom stereocenters. The lowest BCUT2D eigenvalue weighted by molar-refractivity contribution is 0.181. The zero-order valence-corrected chi connectivity index (χ0v) is 13.4. The van der Waals surface area contributed by atoms with Crippen LogP contribution < -0.4 is 11.4 Å². The molecule has 3 rings (SSSR count). The van der Waals surface area contributed by atoms with Crippen LogP contribution in [0.25, 0.3) is 11.0 Å². The minimum Gasteiger partial charge on any atom is -0.423 e. The Balaban J connectivity index is 1.85. The molecule has 0 atom stereocenters. The molecular formula is C16H19BrN2O2. The summed E-state index contributed by atoms with van der Waals surface area (Å²) in [4.78, 5) is 14.1. The summed E-state index contributed by atoms with van der Waals surface area (Å²) in [6.07, 6.45) is 2.28. The summed E-state index contributed by atoms with van der Waals surface area (Å²) in [6.45, 7) is 3.65. The van der Waals surface area contributed by atoms with Crippen molar-refractivity contribution in [1.82, 2.24) is 4.90 Å². The number of hydrogen-bond acceptors (Lipinski definition) is 4. The minimum atomic E-state index is -0.285. The predicted octanol–water partition coefficient (Wildman–Crippen LogP) is 2.73. The second kappa shape index (κ2) is 6.30. The maximum absolute atomic E-state index is 11.7. The molecule has 1 aliphatic rings. The topological polar surface area (TPSA) is 59.5 Å². The molecule has 4 nitrogen and oxygen atoms in total. The number of nitrogens with two attached hydrogens (primary N) is 1. The molecule has 112 valence electrons. The monoisotopic (exact) mass is 350 g/mol. The summed E-state index contributed by atoms with van der Waals surface area (Å²) >= 11 is 3.41. The molecule has 1 saturated heterocycles. The number of likely N-dealkylation sites (tertiary alicyclic amines) is 1. The van der Waals surface area contributed by atoms with Crippen LogP contribution in [-0.4, -0.2) is 24.5 Å². The largest absolute Gasteiger partial charge is 0.423 e. The first-order chi connectivity index (χ1) is 10.2. The van der Waals surface area contributed by atoms with Gasteiger partial charge in [0.05, 0.1) is 0 Å². The fraction of sp³-hybridized carbons (Fsp3) is 0.438. The lowest BCUT2D eigenvalue weighted by Crippen LogP contribution is -2.35. The maximum Gasteiger partial charge on any atom is 0.336 e. The molecule has 2 heterocycles. The van der Waals surface area contributed by atoms with Gasteiger partial charge in [-0.15, -0.1) is 0 Å². The number of piperidine rings is 1. The molecule has 5 heteroatoms. The molecule has 1 aromatic carbocycles. The van der Waals surface area contributed by atoms with Crippen LogP contribution >= 0.6 is 15.9 Å². The Labute approximate surface area is 132 Å². The summed E-state index contributed by atoms with van der Waals surface area (Å²) in [5.41, 5.74) is 7.13. The van der Waals surface area contributed by atoms with Crippen LogP contribution in [0.1, 0.15) is 18.4 Å². The first-order valence-corrected chi connectivity index (χ1v) is 8.09. The fourth-order valence-corrected chi connectivity index (χ4v) is 3.30. The van der Waals surface area contributed by atoms with Gasteiger partial charge in [0.2, 0.25) is 0 Å². The molecule has 0 spiro atoms. The highest BCUT2D eigenvalue weighted by Gasteiger charge is 2.19. The Kier molecular flexibility index (Phi) is 4.42. The zero-order valence-electron chi connectivity index (χ0n) is 11.8. The molecular weight excluding hydrogens is 332 g/mol. The molecule has 0 aliphatic carbocycles. The molecule has 2 N–H and O–H groups in total. The fourth-order valence-electron chi connectivity index (χ4n) is 2.96. The number of rotatable bonds is 3. The quantitative estimate of drug-likeness (QED) is 0.864. The van der Waals surface area contributed by atoms with E-state index in [-0.39, 0.29) is 5.63 Å². The van der Waals surface area contributed by atoms with Gasteiger partial charge in [-0.05, 0) is 62.2 Å². The molecule has 1 fully saturated rings. The van der Waals surface area contributed by atoms with Crippen molar-refractivity contribution in [3.8, 4) is 0 Å². The Morgan fingerprint density at radius 3 is 2.76 bits per heavy atom. The molecule has 0 amide bonds. The number of benzene rings is 1. The van der Waals surface area contributed by atoms with Crippen molar-refractivity contribution in [3.63, 3.8) is 0 Å². The van der Waals surface area contributed by atoms with Crippen molar-refractivity contribution >= 4 is 26.9 Å².